The van der Waals surface area contributed by atoms with E-state index in [0.717, 1.165) is 5.56 Å². The second kappa shape index (κ2) is 7.19. The standard InChI is InChI=1S/C12H18N2O2S/c1-10(7-13)17(16)9-12(15)14-8-11-5-3-2-4-6-11/h2-6,10H,7-9,13H2,1H3,(H,14,15). The minimum Gasteiger partial charge on any atom is -0.351 e. The van der Waals surface area contributed by atoms with Gasteiger partial charge in [0.1, 0.15) is 5.75 Å². The van der Waals surface area contributed by atoms with Crippen LogP contribution in [0.15, 0.2) is 30.3 Å². The van der Waals surface area contributed by atoms with Gasteiger partial charge >= 0.3 is 0 Å². The van der Waals surface area contributed by atoms with Gasteiger partial charge in [-0.05, 0) is 12.5 Å². The molecule has 1 aromatic carbocycles. The molecule has 1 rings (SSSR count). The highest BCUT2D eigenvalue weighted by atomic mass is 32.2. The van der Waals surface area contributed by atoms with E-state index in [-0.39, 0.29) is 16.9 Å². The number of rotatable bonds is 6. The smallest absolute Gasteiger partial charge is 0.232 e. The number of nitrogens with two attached hydrogens (primary N) is 1. The highest BCUT2D eigenvalue weighted by Gasteiger charge is 2.13. The summed E-state index contributed by atoms with van der Waals surface area (Å²) in [4.78, 5) is 11.5. The number of amides is 1. The number of benzene rings is 1. The van der Waals surface area contributed by atoms with Gasteiger partial charge in [0.15, 0.2) is 0 Å². The van der Waals surface area contributed by atoms with Crippen molar-refractivity contribution in [3.63, 3.8) is 0 Å². The van der Waals surface area contributed by atoms with Crippen LogP contribution in [0.2, 0.25) is 0 Å². The van der Waals surface area contributed by atoms with Crippen LogP contribution in [0.25, 0.3) is 0 Å². The first-order valence-corrected chi connectivity index (χ1v) is 6.89. The Morgan fingerprint density at radius 3 is 2.65 bits per heavy atom. The first kappa shape index (κ1) is 13.9. The molecule has 94 valence electrons. The second-order valence-corrected chi connectivity index (χ2v) is 5.69. The summed E-state index contributed by atoms with van der Waals surface area (Å²) in [7, 11) is -1.19. The van der Waals surface area contributed by atoms with Crippen LogP contribution in [-0.4, -0.2) is 27.7 Å². The summed E-state index contributed by atoms with van der Waals surface area (Å²) < 4.78 is 11.6. The summed E-state index contributed by atoms with van der Waals surface area (Å²) in [6.45, 7) is 2.58. The first-order valence-electron chi connectivity index (χ1n) is 5.51. The fourth-order valence-electron chi connectivity index (χ4n) is 1.23. The Labute approximate surface area is 104 Å². The SMILES string of the molecule is CC(CN)S(=O)CC(=O)NCc1ccccc1. The number of nitrogens with one attached hydrogen (secondary N) is 1. The molecule has 0 bridgehead atoms. The van der Waals surface area contributed by atoms with Crippen LogP contribution in [0.1, 0.15) is 12.5 Å². The molecule has 17 heavy (non-hydrogen) atoms. The minimum absolute atomic E-state index is 0.0190. The van der Waals surface area contributed by atoms with Crippen LogP contribution in [0, 0.1) is 0 Å². The average molecular weight is 254 g/mol. The highest BCUT2D eigenvalue weighted by molar-refractivity contribution is 7.86. The van der Waals surface area contributed by atoms with Crippen molar-refractivity contribution in [3.05, 3.63) is 35.9 Å². The van der Waals surface area contributed by atoms with Crippen molar-refractivity contribution in [2.45, 2.75) is 18.7 Å². The van der Waals surface area contributed by atoms with Crippen molar-refractivity contribution in [3.8, 4) is 0 Å². The number of carbonyl (C=O) groups is 1. The third-order valence-electron chi connectivity index (χ3n) is 2.39. The van der Waals surface area contributed by atoms with Crippen molar-refractivity contribution < 1.29 is 9.00 Å². The van der Waals surface area contributed by atoms with E-state index in [1.807, 2.05) is 30.3 Å². The van der Waals surface area contributed by atoms with Gasteiger partial charge < -0.3 is 11.1 Å². The van der Waals surface area contributed by atoms with Crippen LogP contribution in [-0.2, 0) is 22.1 Å². The predicted octanol–water partition coefficient (Wildman–Crippen LogP) is 0.399. The molecule has 0 radical (unpaired) electrons. The highest BCUT2D eigenvalue weighted by Crippen LogP contribution is 1.98. The molecule has 2 unspecified atom stereocenters. The van der Waals surface area contributed by atoms with E-state index < -0.39 is 10.8 Å². The van der Waals surface area contributed by atoms with Gasteiger partial charge in [-0.1, -0.05) is 30.3 Å². The molecule has 0 spiro atoms. The molecular formula is C12H18N2O2S. The summed E-state index contributed by atoms with van der Waals surface area (Å²) in [5.41, 5.74) is 6.42. The molecule has 1 amide bonds. The van der Waals surface area contributed by atoms with Crippen LogP contribution < -0.4 is 11.1 Å². The zero-order chi connectivity index (χ0) is 12.7. The maximum atomic E-state index is 11.6. The van der Waals surface area contributed by atoms with Gasteiger partial charge in [-0.15, -0.1) is 0 Å². The molecule has 1 aromatic rings. The summed E-state index contributed by atoms with van der Waals surface area (Å²) in [6, 6.07) is 9.61. The van der Waals surface area contributed by atoms with E-state index in [4.69, 9.17) is 5.73 Å². The largest absolute Gasteiger partial charge is 0.351 e. The van der Waals surface area contributed by atoms with Gasteiger partial charge in [0.25, 0.3) is 0 Å². The van der Waals surface area contributed by atoms with E-state index >= 15 is 0 Å². The first-order chi connectivity index (χ1) is 8.13. The van der Waals surface area contributed by atoms with Gasteiger partial charge in [-0.3, -0.25) is 9.00 Å². The molecule has 5 heteroatoms. The summed E-state index contributed by atoms with van der Waals surface area (Å²) in [5, 5.41) is 2.59. The van der Waals surface area contributed by atoms with Gasteiger partial charge in [-0.2, -0.15) is 0 Å². The Morgan fingerprint density at radius 1 is 1.41 bits per heavy atom. The molecule has 0 aliphatic heterocycles. The van der Waals surface area contributed by atoms with E-state index in [0.29, 0.717) is 13.1 Å². The molecule has 0 aliphatic carbocycles. The maximum Gasteiger partial charge on any atom is 0.232 e. The van der Waals surface area contributed by atoms with Gasteiger partial charge in [0, 0.05) is 29.1 Å². The lowest BCUT2D eigenvalue weighted by Crippen LogP contribution is -2.32. The fourth-order valence-corrected chi connectivity index (χ4v) is 2.09. The number of hydrogen-bond acceptors (Lipinski definition) is 3. The van der Waals surface area contributed by atoms with E-state index in [1.54, 1.807) is 6.92 Å². The predicted molar refractivity (Wildman–Crippen MR) is 69.8 cm³/mol. The van der Waals surface area contributed by atoms with Gasteiger partial charge in [-0.25, -0.2) is 0 Å². The van der Waals surface area contributed by atoms with E-state index in [9.17, 15) is 9.00 Å². The zero-order valence-electron chi connectivity index (χ0n) is 9.89. The molecule has 0 heterocycles. The molecule has 0 aromatic heterocycles. The summed E-state index contributed by atoms with van der Waals surface area (Å²) in [5.74, 6) is -0.182. The monoisotopic (exact) mass is 254 g/mol. The Kier molecular flexibility index (Phi) is 5.86. The lowest BCUT2D eigenvalue weighted by Gasteiger charge is -2.09. The number of carbonyl (C=O) groups excluding carboxylic acids is 1. The third kappa shape index (κ3) is 5.10. The third-order valence-corrected chi connectivity index (χ3v) is 4.02. The quantitative estimate of drug-likeness (QED) is 0.772. The molecular weight excluding hydrogens is 236 g/mol. The van der Waals surface area contributed by atoms with Gasteiger partial charge in [0.2, 0.25) is 5.91 Å². The van der Waals surface area contributed by atoms with Crippen molar-refractivity contribution >= 4 is 16.7 Å². The lowest BCUT2D eigenvalue weighted by atomic mass is 10.2. The Bertz CT molecular complexity index is 381. The van der Waals surface area contributed by atoms with Crippen molar-refractivity contribution in [1.29, 1.82) is 0 Å². The fraction of sp³-hybridized carbons (Fsp3) is 0.417. The molecule has 4 nitrogen and oxygen atoms in total. The minimum atomic E-state index is -1.19. The zero-order valence-corrected chi connectivity index (χ0v) is 10.7. The van der Waals surface area contributed by atoms with Crippen molar-refractivity contribution in [2.75, 3.05) is 12.3 Å². The van der Waals surface area contributed by atoms with E-state index in [2.05, 4.69) is 5.32 Å². The molecule has 3 N–H and O–H groups in total. The molecule has 0 fully saturated rings. The lowest BCUT2D eigenvalue weighted by molar-refractivity contribution is -0.118. The Hall–Kier alpha value is -1.20. The number of hydrogen-bond donors (Lipinski definition) is 2. The average Bonchev–Trinajstić information content (AvgIpc) is 2.36. The topological polar surface area (TPSA) is 72.2 Å². The van der Waals surface area contributed by atoms with Crippen LogP contribution in [0.5, 0.6) is 0 Å². The van der Waals surface area contributed by atoms with Crippen LogP contribution >= 0.6 is 0 Å². The van der Waals surface area contributed by atoms with E-state index in [1.165, 1.54) is 0 Å². The Balaban J connectivity index is 2.33. The molecule has 2 atom stereocenters. The van der Waals surface area contributed by atoms with Crippen LogP contribution in [0.3, 0.4) is 0 Å². The summed E-state index contributed by atoms with van der Waals surface area (Å²) in [6.07, 6.45) is 0. The van der Waals surface area contributed by atoms with Gasteiger partial charge in [0.05, 0.1) is 0 Å². The molecule has 0 saturated carbocycles. The second-order valence-electron chi connectivity index (χ2n) is 3.83. The molecule has 0 saturated heterocycles. The Morgan fingerprint density at radius 2 is 2.06 bits per heavy atom. The van der Waals surface area contributed by atoms with Crippen LogP contribution in [0.4, 0.5) is 0 Å². The van der Waals surface area contributed by atoms with Crippen molar-refractivity contribution in [1.82, 2.24) is 5.32 Å². The van der Waals surface area contributed by atoms with Crippen molar-refractivity contribution in [2.24, 2.45) is 5.73 Å². The normalized spacial score (nSPS) is 14.0. The summed E-state index contributed by atoms with van der Waals surface area (Å²) >= 11 is 0. The maximum absolute atomic E-state index is 11.6. The molecule has 0 aliphatic rings.